The number of hydrogen-bond donors (Lipinski definition) is 0. The Morgan fingerprint density at radius 1 is 0.348 bits per heavy atom. The highest BCUT2D eigenvalue weighted by atomic mass is 15.0. The molecular formula is C44H26N2. The topological polar surface area (TPSA) is 9.34 Å². The average molecular weight is 583 g/mol. The van der Waals surface area contributed by atoms with Gasteiger partial charge in [-0.3, -0.25) is 0 Å². The molecule has 46 heavy (non-hydrogen) atoms. The summed E-state index contributed by atoms with van der Waals surface area (Å²) in [5.41, 5.74) is 9.96. The van der Waals surface area contributed by atoms with E-state index in [-0.39, 0.29) is 0 Å². The molecule has 8 aromatic carbocycles. The van der Waals surface area contributed by atoms with Crippen molar-refractivity contribution in [2.45, 2.75) is 0 Å². The van der Waals surface area contributed by atoms with Gasteiger partial charge in [0.2, 0.25) is 0 Å². The van der Waals surface area contributed by atoms with E-state index in [1.807, 2.05) is 0 Å². The molecule has 2 heteroatoms. The monoisotopic (exact) mass is 582 g/mol. The Bertz CT molecular complexity index is 2890. The summed E-state index contributed by atoms with van der Waals surface area (Å²) in [4.78, 5) is 0. The maximum Gasteiger partial charge on any atom is 0.0620 e. The second-order valence-electron chi connectivity index (χ2n) is 12.6. The second kappa shape index (κ2) is 8.74. The molecule has 0 aliphatic heterocycles. The molecule has 0 bridgehead atoms. The SMILES string of the molecule is c1ccc(-n2c3ccccc3c3c(-c4cc5c6cc7ccccc7cc6n6c7cc8ccccc8cc7c(c4)c56)cccc32)cc1. The minimum atomic E-state index is 1.18. The van der Waals surface area contributed by atoms with Crippen molar-refractivity contribution in [2.24, 2.45) is 0 Å². The Hall–Kier alpha value is -6.12. The first kappa shape index (κ1) is 24.2. The predicted molar refractivity (Wildman–Crippen MR) is 196 cm³/mol. The van der Waals surface area contributed by atoms with Crippen LogP contribution in [0.4, 0.5) is 0 Å². The van der Waals surface area contributed by atoms with Crippen LogP contribution in [0.5, 0.6) is 0 Å². The van der Waals surface area contributed by atoms with Gasteiger partial charge in [0, 0.05) is 38.0 Å². The van der Waals surface area contributed by atoms with Crippen LogP contribution in [0.1, 0.15) is 0 Å². The van der Waals surface area contributed by atoms with Gasteiger partial charge in [0.05, 0.1) is 27.6 Å². The van der Waals surface area contributed by atoms with Crippen molar-refractivity contribution in [3.8, 4) is 16.8 Å². The highest BCUT2D eigenvalue weighted by Crippen LogP contribution is 2.45. The molecule has 0 N–H and O–H groups in total. The third-order valence-electron chi connectivity index (χ3n) is 10.1. The van der Waals surface area contributed by atoms with Crippen LogP contribution in [0, 0.1) is 0 Å². The Morgan fingerprint density at radius 3 is 1.54 bits per heavy atom. The average Bonchev–Trinajstić information content (AvgIpc) is 3.74. The summed E-state index contributed by atoms with van der Waals surface area (Å²) < 4.78 is 4.92. The maximum absolute atomic E-state index is 2.51. The van der Waals surface area contributed by atoms with Crippen LogP contribution in [-0.2, 0) is 0 Å². The molecule has 0 atom stereocenters. The molecule has 3 aromatic heterocycles. The quantitative estimate of drug-likeness (QED) is 0.192. The Balaban J connectivity index is 1.32. The van der Waals surface area contributed by atoms with Gasteiger partial charge in [0.15, 0.2) is 0 Å². The van der Waals surface area contributed by atoms with Gasteiger partial charge in [0.25, 0.3) is 0 Å². The summed E-state index contributed by atoms with van der Waals surface area (Å²) >= 11 is 0. The van der Waals surface area contributed by atoms with Crippen LogP contribution in [0.15, 0.2) is 158 Å². The highest BCUT2D eigenvalue weighted by Gasteiger charge is 2.22. The lowest BCUT2D eigenvalue weighted by molar-refractivity contribution is 1.18. The number of fused-ring (bicyclic) bond motifs is 11. The molecule has 0 saturated heterocycles. The van der Waals surface area contributed by atoms with Crippen LogP contribution in [-0.4, -0.2) is 8.97 Å². The first-order chi connectivity index (χ1) is 22.8. The molecule has 0 radical (unpaired) electrons. The van der Waals surface area contributed by atoms with Gasteiger partial charge < -0.3 is 8.97 Å². The molecule has 0 aliphatic rings. The first-order valence-corrected chi connectivity index (χ1v) is 15.9. The summed E-state index contributed by atoms with van der Waals surface area (Å²) in [6.07, 6.45) is 0. The fourth-order valence-electron chi connectivity index (χ4n) is 8.19. The zero-order chi connectivity index (χ0) is 29.9. The van der Waals surface area contributed by atoms with E-state index in [0.29, 0.717) is 0 Å². The van der Waals surface area contributed by atoms with E-state index in [1.54, 1.807) is 0 Å². The lowest BCUT2D eigenvalue weighted by Crippen LogP contribution is -1.92. The minimum absolute atomic E-state index is 1.18. The Labute approximate surface area is 264 Å². The molecule has 0 amide bonds. The van der Waals surface area contributed by atoms with Crippen molar-refractivity contribution in [1.29, 1.82) is 0 Å². The van der Waals surface area contributed by atoms with Crippen LogP contribution < -0.4 is 0 Å². The van der Waals surface area contributed by atoms with Crippen molar-refractivity contribution >= 4 is 81.4 Å². The fourth-order valence-corrected chi connectivity index (χ4v) is 8.19. The molecule has 0 unspecified atom stereocenters. The smallest absolute Gasteiger partial charge is 0.0620 e. The number of benzene rings is 8. The molecule has 212 valence electrons. The van der Waals surface area contributed by atoms with E-state index in [1.165, 1.54) is 98.3 Å². The van der Waals surface area contributed by atoms with E-state index < -0.39 is 0 Å². The van der Waals surface area contributed by atoms with Gasteiger partial charge in [-0.2, -0.15) is 0 Å². The summed E-state index contributed by atoms with van der Waals surface area (Å²) in [5, 5.41) is 12.8. The van der Waals surface area contributed by atoms with Crippen molar-refractivity contribution in [3.63, 3.8) is 0 Å². The van der Waals surface area contributed by atoms with E-state index in [0.717, 1.165) is 0 Å². The van der Waals surface area contributed by atoms with Gasteiger partial charge in [-0.05, 0) is 93.3 Å². The number of hydrogen-bond acceptors (Lipinski definition) is 0. The molecule has 11 aromatic rings. The van der Waals surface area contributed by atoms with Crippen molar-refractivity contribution in [2.75, 3.05) is 0 Å². The fraction of sp³-hybridized carbons (Fsp3) is 0. The van der Waals surface area contributed by atoms with E-state index >= 15 is 0 Å². The van der Waals surface area contributed by atoms with Gasteiger partial charge >= 0.3 is 0 Å². The van der Waals surface area contributed by atoms with E-state index in [2.05, 4.69) is 167 Å². The number of rotatable bonds is 2. The Morgan fingerprint density at radius 2 is 0.891 bits per heavy atom. The van der Waals surface area contributed by atoms with Gasteiger partial charge in [-0.25, -0.2) is 0 Å². The van der Waals surface area contributed by atoms with E-state index in [9.17, 15) is 0 Å². The summed E-state index contributed by atoms with van der Waals surface area (Å²) in [7, 11) is 0. The molecular weight excluding hydrogens is 556 g/mol. The van der Waals surface area contributed by atoms with Crippen LogP contribution in [0.25, 0.3) is 98.3 Å². The summed E-state index contributed by atoms with van der Waals surface area (Å²) in [5.74, 6) is 0. The highest BCUT2D eigenvalue weighted by molar-refractivity contribution is 6.27. The van der Waals surface area contributed by atoms with Crippen LogP contribution in [0.3, 0.4) is 0 Å². The molecule has 0 fully saturated rings. The lowest BCUT2D eigenvalue weighted by Gasteiger charge is -2.09. The molecule has 0 spiro atoms. The maximum atomic E-state index is 2.51. The van der Waals surface area contributed by atoms with Gasteiger partial charge in [-0.15, -0.1) is 0 Å². The van der Waals surface area contributed by atoms with Crippen LogP contribution >= 0.6 is 0 Å². The third kappa shape index (κ3) is 3.10. The van der Waals surface area contributed by atoms with Gasteiger partial charge in [-0.1, -0.05) is 97.1 Å². The first-order valence-electron chi connectivity index (χ1n) is 15.9. The third-order valence-corrected chi connectivity index (χ3v) is 10.1. The Kier molecular flexibility index (Phi) is 4.61. The lowest BCUT2D eigenvalue weighted by atomic mass is 9.95. The van der Waals surface area contributed by atoms with Crippen LogP contribution in [0.2, 0.25) is 0 Å². The molecule has 3 heterocycles. The largest absolute Gasteiger partial charge is 0.309 e. The van der Waals surface area contributed by atoms with Crippen molar-refractivity contribution < 1.29 is 0 Å². The van der Waals surface area contributed by atoms with Gasteiger partial charge in [0.1, 0.15) is 0 Å². The number of aromatic nitrogens is 2. The summed E-state index contributed by atoms with van der Waals surface area (Å²) in [6.45, 7) is 0. The normalized spacial score (nSPS) is 12.3. The molecule has 0 aliphatic carbocycles. The van der Waals surface area contributed by atoms with Crippen molar-refractivity contribution in [3.05, 3.63) is 158 Å². The van der Waals surface area contributed by atoms with Crippen molar-refractivity contribution in [1.82, 2.24) is 8.97 Å². The zero-order valence-corrected chi connectivity index (χ0v) is 24.9. The molecule has 11 rings (SSSR count). The zero-order valence-electron chi connectivity index (χ0n) is 24.9. The number of nitrogens with zero attached hydrogens (tertiary/aromatic N) is 2. The van der Waals surface area contributed by atoms with E-state index in [4.69, 9.17) is 0 Å². The molecule has 0 saturated carbocycles. The minimum Gasteiger partial charge on any atom is -0.309 e. The predicted octanol–water partition coefficient (Wildman–Crippen LogP) is 11.9. The number of para-hydroxylation sites is 2. The standard InChI is InChI=1S/C44H26N2/c1-2-15-32(16-3-1)45-39-19-9-8-17-34(39)43-33(18-10-20-40(43)45)31-23-37-35-21-27-11-4-6-13-29(27)25-41(35)46-42-26-30-14-7-5-12-28(30)22-36(42)38(24-31)44(37)46/h1-26H. The second-order valence-corrected chi connectivity index (χ2v) is 12.6. The molecule has 2 nitrogen and oxygen atoms in total. The summed E-state index contributed by atoms with van der Waals surface area (Å²) in [6, 6.07) is 58.3.